The average molecular weight is 304 g/mol. The van der Waals surface area contributed by atoms with Gasteiger partial charge in [-0.2, -0.15) is 0 Å². The molecule has 1 heteroatoms. The molecular formula is C21H20S. The normalized spacial score (nSPS) is 12.0. The van der Waals surface area contributed by atoms with Crippen molar-refractivity contribution < 1.29 is 0 Å². The SMILES string of the molecule is c1ccc(CSC(Cc2ccccc2)c2ccccc2)cc1. The summed E-state index contributed by atoms with van der Waals surface area (Å²) in [7, 11) is 0. The van der Waals surface area contributed by atoms with E-state index >= 15 is 0 Å². The molecular weight excluding hydrogens is 284 g/mol. The quantitative estimate of drug-likeness (QED) is 0.546. The molecule has 0 amide bonds. The number of hydrogen-bond acceptors (Lipinski definition) is 1. The van der Waals surface area contributed by atoms with Gasteiger partial charge in [-0.15, -0.1) is 11.8 Å². The molecule has 0 N–H and O–H groups in total. The number of thioether (sulfide) groups is 1. The smallest absolute Gasteiger partial charge is 0.0340 e. The predicted octanol–water partition coefficient (Wildman–Crippen LogP) is 5.90. The first-order valence-electron chi connectivity index (χ1n) is 7.66. The van der Waals surface area contributed by atoms with Crippen molar-refractivity contribution in [3.8, 4) is 0 Å². The lowest BCUT2D eigenvalue weighted by Crippen LogP contribution is -1.99. The molecule has 0 bridgehead atoms. The molecule has 0 heterocycles. The molecule has 0 aromatic heterocycles. The summed E-state index contributed by atoms with van der Waals surface area (Å²) >= 11 is 2.02. The van der Waals surface area contributed by atoms with Gasteiger partial charge in [-0.25, -0.2) is 0 Å². The molecule has 22 heavy (non-hydrogen) atoms. The van der Waals surface area contributed by atoms with Crippen LogP contribution < -0.4 is 0 Å². The highest BCUT2D eigenvalue weighted by Crippen LogP contribution is 2.34. The topological polar surface area (TPSA) is 0 Å². The summed E-state index contributed by atoms with van der Waals surface area (Å²) in [5.41, 5.74) is 4.20. The van der Waals surface area contributed by atoms with Crippen molar-refractivity contribution in [2.24, 2.45) is 0 Å². The van der Waals surface area contributed by atoms with Gasteiger partial charge < -0.3 is 0 Å². The highest BCUT2D eigenvalue weighted by atomic mass is 32.2. The molecule has 3 rings (SSSR count). The van der Waals surface area contributed by atoms with E-state index in [1.54, 1.807) is 0 Å². The average Bonchev–Trinajstić information content (AvgIpc) is 2.61. The Bertz CT molecular complexity index is 662. The summed E-state index contributed by atoms with van der Waals surface area (Å²) in [4.78, 5) is 0. The lowest BCUT2D eigenvalue weighted by atomic mass is 10.0. The Balaban J connectivity index is 1.74. The molecule has 0 saturated carbocycles. The van der Waals surface area contributed by atoms with Crippen molar-refractivity contribution >= 4 is 11.8 Å². The van der Waals surface area contributed by atoms with Gasteiger partial charge in [0.05, 0.1) is 0 Å². The highest BCUT2D eigenvalue weighted by molar-refractivity contribution is 7.98. The Hall–Kier alpha value is -1.99. The van der Waals surface area contributed by atoms with Crippen molar-refractivity contribution in [3.63, 3.8) is 0 Å². The summed E-state index contributed by atoms with van der Waals surface area (Å²) < 4.78 is 0. The third-order valence-electron chi connectivity index (χ3n) is 3.73. The van der Waals surface area contributed by atoms with Crippen LogP contribution in [0.2, 0.25) is 0 Å². The molecule has 0 nitrogen and oxygen atoms in total. The van der Waals surface area contributed by atoms with E-state index in [0.29, 0.717) is 5.25 Å². The summed E-state index contributed by atoms with van der Waals surface area (Å²) in [6.45, 7) is 0. The van der Waals surface area contributed by atoms with Crippen molar-refractivity contribution in [1.29, 1.82) is 0 Å². The first kappa shape index (κ1) is 14.9. The van der Waals surface area contributed by atoms with Crippen LogP contribution in [-0.4, -0.2) is 0 Å². The van der Waals surface area contributed by atoms with E-state index < -0.39 is 0 Å². The van der Waals surface area contributed by atoms with Gasteiger partial charge in [-0.1, -0.05) is 91.0 Å². The van der Waals surface area contributed by atoms with E-state index in [4.69, 9.17) is 0 Å². The van der Waals surface area contributed by atoms with Gasteiger partial charge in [0.25, 0.3) is 0 Å². The summed E-state index contributed by atoms with van der Waals surface area (Å²) in [6.07, 6.45) is 1.07. The standard InChI is InChI=1S/C21H20S/c1-4-10-18(11-5-1)16-21(20-14-8-3-9-15-20)22-17-19-12-6-2-7-13-19/h1-15,21H,16-17H2. The first-order valence-corrected chi connectivity index (χ1v) is 8.71. The van der Waals surface area contributed by atoms with E-state index in [1.165, 1.54) is 16.7 Å². The van der Waals surface area contributed by atoms with Crippen LogP contribution in [0.5, 0.6) is 0 Å². The Morgan fingerprint density at radius 3 is 1.68 bits per heavy atom. The van der Waals surface area contributed by atoms with Gasteiger partial charge in [0.15, 0.2) is 0 Å². The molecule has 3 aromatic rings. The zero-order chi connectivity index (χ0) is 15.0. The van der Waals surface area contributed by atoms with Crippen LogP contribution in [-0.2, 0) is 12.2 Å². The molecule has 0 spiro atoms. The van der Waals surface area contributed by atoms with Crippen LogP contribution in [0.4, 0.5) is 0 Å². The lowest BCUT2D eigenvalue weighted by molar-refractivity contribution is 0.930. The fraction of sp³-hybridized carbons (Fsp3) is 0.143. The van der Waals surface area contributed by atoms with Crippen LogP contribution in [0.3, 0.4) is 0 Å². The van der Waals surface area contributed by atoms with Crippen LogP contribution in [0.1, 0.15) is 21.9 Å². The van der Waals surface area contributed by atoms with Crippen molar-refractivity contribution in [3.05, 3.63) is 108 Å². The molecule has 0 aliphatic heterocycles. The maximum atomic E-state index is 2.24. The highest BCUT2D eigenvalue weighted by Gasteiger charge is 2.13. The molecule has 0 aliphatic rings. The summed E-state index contributed by atoms with van der Waals surface area (Å²) in [5.74, 6) is 1.05. The van der Waals surface area contributed by atoms with Crippen LogP contribution in [0.15, 0.2) is 91.0 Å². The van der Waals surface area contributed by atoms with Gasteiger partial charge >= 0.3 is 0 Å². The molecule has 1 unspecified atom stereocenters. The van der Waals surface area contributed by atoms with E-state index in [1.807, 2.05) is 11.8 Å². The van der Waals surface area contributed by atoms with E-state index in [9.17, 15) is 0 Å². The fourth-order valence-corrected chi connectivity index (χ4v) is 3.79. The van der Waals surface area contributed by atoms with Gasteiger partial charge in [-0.3, -0.25) is 0 Å². The number of hydrogen-bond donors (Lipinski definition) is 0. The second-order valence-corrected chi connectivity index (χ2v) is 6.58. The molecule has 1 atom stereocenters. The summed E-state index contributed by atoms with van der Waals surface area (Å²) in [5, 5.41) is 0.490. The second kappa shape index (κ2) is 7.86. The van der Waals surface area contributed by atoms with E-state index in [0.717, 1.165) is 12.2 Å². The van der Waals surface area contributed by atoms with E-state index in [-0.39, 0.29) is 0 Å². The van der Waals surface area contributed by atoms with Crippen molar-refractivity contribution in [2.45, 2.75) is 17.4 Å². The molecule has 0 radical (unpaired) electrons. The third-order valence-corrected chi connectivity index (χ3v) is 5.07. The van der Waals surface area contributed by atoms with Gasteiger partial charge in [0.1, 0.15) is 0 Å². The lowest BCUT2D eigenvalue weighted by Gasteiger charge is -2.17. The predicted molar refractivity (Wildman–Crippen MR) is 97.1 cm³/mol. The van der Waals surface area contributed by atoms with Crippen molar-refractivity contribution in [2.75, 3.05) is 0 Å². The minimum Gasteiger partial charge on any atom is -0.149 e. The van der Waals surface area contributed by atoms with Crippen LogP contribution >= 0.6 is 11.8 Å². The Morgan fingerprint density at radius 1 is 0.591 bits per heavy atom. The largest absolute Gasteiger partial charge is 0.149 e. The van der Waals surface area contributed by atoms with Crippen LogP contribution in [0, 0.1) is 0 Å². The third kappa shape index (κ3) is 4.25. The Kier molecular flexibility index (Phi) is 5.33. The first-order chi connectivity index (χ1) is 10.9. The Morgan fingerprint density at radius 2 is 1.09 bits per heavy atom. The van der Waals surface area contributed by atoms with Crippen molar-refractivity contribution in [1.82, 2.24) is 0 Å². The monoisotopic (exact) mass is 304 g/mol. The number of rotatable bonds is 6. The maximum absolute atomic E-state index is 2.24. The molecule has 3 aromatic carbocycles. The van der Waals surface area contributed by atoms with Crippen LogP contribution in [0.25, 0.3) is 0 Å². The zero-order valence-electron chi connectivity index (χ0n) is 12.6. The van der Waals surface area contributed by atoms with E-state index in [2.05, 4.69) is 91.0 Å². The minimum atomic E-state index is 0.490. The second-order valence-electron chi connectivity index (χ2n) is 5.39. The molecule has 0 fully saturated rings. The molecule has 0 saturated heterocycles. The zero-order valence-corrected chi connectivity index (χ0v) is 13.4. The number of benzene rings is 3. The fourth-order valence-electron chi connectivity index (χ4n) is 2.54. The maximum Gasteiger partial charge on any atom is 0.0340 e. The molecule has 0 aliphatic carbocycles. The minimum absolute atomic E-state index is 0.490. The Labute approximate surface area is 137 Å². The van der Waals surface area contributed by atoms with Gasteiger partial charge in [-0.05, 0) is 23.1 Å². The van der Waals surface area contributed by atoms with Gasteiger partial charge in [0, 0.05) is 11.0 Å². The summed E-state index contributed by atoms with van der Waals surface area (Å²) in [6, 6.07) is 32.3. The van der Waals surface area contributed by atoms with Gasteiger partial charge in [0.2, 0.25) is 0 Å². The molecule has 110 valence electrons.